The maximum atomic E-state index is 10.4. The second-order valence-corrected chi connectivity index (χ2v) is 4.06. The fourth-order valence-corrected chi connectivity index (χ4v) is 1.77. The van der Waals surface area contributed by atoms with Gasteiger partial charge in [-0.05, 0) is 43.0 Å². The monoisotopic (exact) mass is 225 g/mol. The van der Waals surface area contributed by atoms with Gasteiger partial charge in [-0.1, -0.05) is 6.07 Å². The lowest BCUT2D eigenvalue weighted by molar-refractivity contribution is 0.194. The highest BCUT2D eigenvalue weighted by Gasteiger charge is 2.08. The minimum absolute atomic E-state index is 0.302. The summed E-state index contributed by atoms with van der Waals surface area (Å²) in [6.45, 7) is 6.35. The van der Waals surface area contributed by atoms with Crippen LogP contribution in [0.4, 0.5) is 4.79 Å². The Morgan fingerprint density at radius 3 is 2.53 bits per heavy atom. The van der Waals surface area contributed by atoms with Crippen molar-refractivity contribution in [3.05, 3.63) is 28.3 Å². The van der Waals surface area contributed by atoms with Crippen molar-refractivity contribution in [3.8, 4) is 0 Å². The number of hydrogen-bond donors (Lipinski definition) is 3. The van der Waals surface area contributed by atoms with E-state index >= 15 is 0 Å². The van der Waals surface area contributed by atoms with Gasteiger partial charge in [0.05, 0.1) is 0 Å². The highest BCUT2D eigenvalue weighted by Crippen LogP contribution is 2.24. The maximum absolute atomic E-state index is 10.4. The van der Waals surface area contributed by atoms with Crippen molar-refractivity contribution < 1.29 is 9.90 Å². The third-order valence-electron chi connectivity index (χ3n) is 2.63. The zero-order valence-corrected chi connectivity index (χ0v) is 9.98. The Morgan fingerprint density at radius 2 is 2.00 bits per heavy atom. The maximum Gasteiger partial charge on any atom is 0.404 e. The first kappa shape index (κ1) is 11.9. The molecule has 0 saturated carbocycles. The summed E-state index contributed by atoms with van der Waals surface area (Å²) < 4.78 is 0. The van der Waals surface area contributed by atoms with Crippen molar-refractivity contribution in [2.75, 3.05) is 0 Å². The molecule has 0 aliphatic carbocycles. The van der Waals surface area contributed by atoms with Gasteiger partial charge in [-0.2, -0.15) is 0 Å². The molecule has 3 nitrogen and oxygen atoms in total. The van der Waals surface area contributed by atoms with Crippen LogP contribution < -0.4 is 5.32 Å². The summed E-state index contributed by atoms with van der Waals surface area (Å²) in [6.07, 6.45) is -1.02. The van der Waals surface area contributed by atoms with Crippen molar-refractivity contribution in [3.63, 3.8) is 0 Å². The molecule has 0 fully saturated rings. The number of amides is 1. The first-order chi connectivity index (χ1) is 6.93. The van der Waals surface area contributed by atoms with Crippen LogP contribution in [-0.4, -0.2) is 11.2 Å². The Morgan fingerprint density at radius 1 is 1.40 bits per heavy atom. The van der Waals surface area contributed by atoms with Gasteiger partial charge in [0.15, 0.2) is 0 Å². The SMILES string of the molecule is Cc1cc(CNC(=O)O)c(S)c(C)c1C. The smallest absolute Gasteiger partial charge is 0.404 e. The van der Waals surface area contributed by atoms with Gasteiger partial charge >= 0.3 is 6.09 Å². The number of hydrogen-bond acceptors (Lipinski definition) is 2. The number of carboxylic acid groups (broad SMARTS) is 1. The Bertz CT molecular complexity index is 402. The van der Waals surface area contributed by atoms with Crippen LogP contribution in [0, 0.1) is 20.8 Å². The molecule has 15 heavy (non-hydrogen) atoms. The van der Waals surface area contributed by atoms with E-state index in [0.717, 1.165) is 21.6 Å². The minimum atomic E-state index is -1.02. The molecule has 0 spiro atoms. The molecule has 1 aromatic carbocycles. The molecule has 0 aliphatic heterocycles. The van der Waals surface area contributed by atoms with Crippen molar-refractivity contribution in [2.24, 2.45) is 0 Å². The second kappa shape index (κ2) is 4.57. The number of thiol groups is 1. The first-order valence-corrected chi connectivity index (χ1v) is 5.13. The molecular formula is C11H15NO2S. The predicted molar refractivity (Wildman–Crippen MR) is 62.8 cm³/mol. The Balaban J connectivity index is 3.04. The summed E-state index contributed by atoms with van der Waals surface area (Å²) in [7, 11) is 0. The molecule has 0 bridgehead atoms. The molecule has 0 radical (unpaired) electrons. The number of benzene rings is 1. The molecule has 0 saturated heterocycles. The Kier molecular flexibility index (Phi) is 3.63. The van der Waals surface area contributed by atoms with Gasteiger partial charge < -0.3 is 10.4 Å². The molecule has 0 aliphatic rings. The lowest BCUT2D eigenvalue weighted by Gasteiger charge is -2.13. The molecule has 0 unspecified atom stereocenters. The Hall–Kier alpha value is -1.16. The van der Waals surface area contributed by atoms with E-state index in [1.807, 2.05) is 26.8 Å². The lowest BCUT2D eigenvalue weighted by Crippen LogP contribution is -2.20. The van der Waals surface area contributed by atoms with Crippen LogP contribution >= 0.6 is 12.6 Å². The largest absolute Gasteiger partial charge is 0.465 e. The summed E-state index contributed by atoms with van der Waals surface area (Å²) in [5, 5.41) is 10.9. The Labute approximate surface area is 94.9 Å². The van der Waals surface area contributed by atoms with Crippen LogP contribution in [0.2, 0.25) is 0 Å². The lowest BCUT2D eigenvalue weighted by atomic mass is 10.0. The molecule has 0 atom stereocenters. The van der Waals surface area contributed by atoms with Gasteiger partial charge in [0.1, 0.15) is 0 Å². The van der Waals surface area contributed by atoms with Gasteiger partial charge in [-0.25, -0.2) is 4.79 Å². The number of nitrogens with one attached hydrogen (secondary N) is 1. The molecule has 82 valence electrons. The summed E-state index contributed by atoms with van der Waals surface area (Å²) in [5.41, 5.74) is 4.40. The van der Waals surface area contributed by atoms with Crippen LogP contribution in [0.3, 0.4) is 0 Å². The summed E-state index contributed by atoms with van der Waals surface area (Å²) in [6, 6.07) is 1.97. The number of rotatable bonds is 2. The van der Waals surface area contributed by atoms with Gasteiger partial charge in [0.25, 0.3) is 0 Å². The topological polar surface area (TPSA) is 49.3 Å². The molecule has 2 N–H and O–H groups in total. The highest BCUT2D eigenvalue weighted by atomic mass is 32.1. The zero-order chi connectivity index (χ0) is 11.6. The van der Waals surface area contributed by atoms with Crippen LogP contribution in [0.15, 0.2) is 11.0 Å². The van der Waals surface area contributed by atoms with E-state index in [1.54, 1.807) is 0 Å². The third-order valence-corrected chi connectivity index (χ3v) is 3.26. The fraction of sp³-hybridized carbons (Fsp3) is 0.364. The van der Waals surface area contributed by atoms with Crippen LogP contribution in [0.25, 0.3) is 0 Å². The second-order valence-electron chi connectivity index (χ2n) is 3.61. The standard InChI is InChI=1S/C11H15NO2S/c1-6-4-9(5-12-11(13)14)10(15)8(3)7(6)2/h4,12,15H,5H2,1-3H3,(H,13,14). The number of carbonyl (C=O) groups is 1. The van der Waals surface area contributed by atoms with Crippen LogP contribution in [0.5, 0.6) is 0 Å². The van der Waals surface area contributed by atoms with Crippen molar-refractivity contribution in [2.45, 2.75) is 32.2 Å². The molecule has 1 aromatic rings. The fourth-order valence-electron chi connectivity index (χ4n) is 1.46. The van der Waals surface area contributed by atoms with Crippen LogP contribution in [-0.2, 0) is 6.54 Å². The molecule has 1 rings (SSSR count). The summed E-state index contributed by atoms with van der Waals surface area (Å²) >= 11 is 4.40. The average Bonchev–Trinajstić information content (AvgIpc) is 2.18. The van der Waals surface area contributed by atoms with Gasteiger partial charge in [0, 0.05) is 11.4 Å². The average molecular weight is 225 g/mol. The van der Waals surface area contributed by atoms with Crippen LogP contribution in [0.1, 0.15) is 22.3 Å². The molecule has 0 heterocycles. The molecular weight excluding hydrogens is 210 g/mol. The van der Waals surface area contributed by atoms with Crippen molar-refractivity contribution in [1.29, 1.82) is 0 Å². The van der Waals surface area contributed by atoms with E-state index in [2.05, 4.69) is 17.9 Å². The molecule has 4 heteroatoms. The first-order valence-electron chi connectivity index (χ1n) is 4.69. The predicted octanol–water partition coefficient (Wildman–Crippen LogP) is 2.67. The van der Waals surface area contributed by atoms with E-state index in [4.69, 9.17) is 5.11 Å². The van der Waals surface area contributed by atoms with Crippen molar-refractivity contribution >= 4 is 18.7 Å². The zero-order valence-electron chi connectivity index (χ0n) is 9.09. The minimum Gasteiger partial charge on any atom is -0.465 e. The summed E-state index contributed by atoms with van der Waals surface area (Å²) in [4.78, 5) is 11.3. The van der Waals surface area contributed by atoms with E-state index in [0.29, 0.717) is 6.54 Å². The van der Waals surface area contributed by atoms with E-state index in [1.165, 1.54) is 5.56 Å². The normalized spacial score (nSPS) is 10.1. The molecule has 1 amide bonds. The van der Waals surface area contributed by atoms with Gasteiger partial charge in [-0.15, -0.1) is 12.6 Å². The van der Waals surface area contributed by atoms with E-state index < -0.39 is 6.09 Å². The highest BCUT2D eigenvalue weighted by molar-refractivity contribution is 7.80. The van der Waals surface area contributed by atoms with E-state index in [-0.39, 0.29) is 0 Å². The van der Waals surface area contributed by atoms with E-state index in [9.17, 15) is 4.79 Å². The third kappa shape index (κ3) is 2.65. The molecule has 0 aromatic heterocycles. The quantitative estimate of drug-likeness (QED) is 0.678. The summed E-state index contributed by atoms with van der Waals surface area (Å²) in [5.74, 6) is 0. The number of aryl methyl sites for hydroxylation is 1. The van der Waals surface area contributed by atoms with Gasteiger partial charge in [0.2, 0.25) is 0 Å². The van der Waals surface area contributed by atoms with Crippen molar-refractivity contribution in [1.82, 2.24) is 5.32 Å². The van der Waals surface area contributed by atoms with Gasteiger partial charge in [-0.3, -0.25) is 0 Å².